The summed E-state index contributed by atoms with van der Waals surface area (Å²) >= 11 is 0. The fourth-order valence-corrected chi connectivity index (χ4v) is 36.2. The number of nitrogens with one attached hydrogen (secondary N) is 1. The summed E-state index contributed by atoms with van der Waals surface area (Å²) in [4.78, 5) is 47.4. The van der Waals surface area contributed by atoms with E-state index in [2.05, 4.69) is 182 Å². The van der Waals surface area contributed by atoms with Gasteiger partial charge in [0.2, 0.25) is 0 Å². The molecule has 35 atom stereocenters. The number of carbonyl (C=O) groups excluding carboxylic acids is 3. The monoisotopic (exact) mass is 1930 g/mol. The Bertz CT molecular complexity index is 4610. The number of esters is 2. The number of carbonyl (C=O) groups is 3. The Hall–Kier alpha value is -5.62. The third-order valence-electron chi connectivity index (χ3n) is 45.3. The molecule has 0 aromatic carbocycles. The molecular formula is C115H189N13O9S. The molecule has 16 rings (SSSR count). The van der Waals surface area contributed by atoms with Crippen LogP contribution in [0.25, 0.3) is 41.8 Å². The summed E-state index contributed by atoms with van der Waals surface area (Å²) in [5, 5.41) is 30.4. The van der Waals surface area contributed by atoms with Crippen LogP contribution in [0.15, 0.2) is 81.2 Å². The fraction of sp³-hybridized carbons (Fsp3) is 0.887. The third kappa shape index (κ3) is 23.1. The maximum Gasteiger partial charge on any atom is 0.302 e. The molecule has 0 saturated heterocycles. The number of fused-ring (bicyclic) bond motifs is 5. The molecule has 22 nitrogen and oxygen atoms in total. The molecule has 23 heteroatoms. The van der Waals surface area contributed by atoms with Crippen LogP contribution in [0.1, 0.15) is 368 Å². The molecule has 774 valence electrons. The van der Waals surface area contributed by atoms with Crippen LogP contribution in [0.3, 0.4) is 0 Å². The molecular weight excluding hydrogens is 1740 g/mol. The Labute approximate surface area is 834 Å². The number of ether oxygens (including phenoxy) is 2. The van der Waals surface area contributed by atoms with Crippen LogP contribution in [-0.2, 0) is 38.2 Å². The average molecular weight is 1930 g/mol. The normalized spacial score (nSPS) is 44.7. The van der Waals surface area contributed by atoms with Crippen molar-refractivity contribution in [2.45, 2.75) is 374 Å². The first kappa shape index (κ1) is 111. The van der Waals surface area contributed by atoms with Crippen LogP contribution < -0.4 is 5.32 Å². The zero-order chi connectivity index (χ0) is 101. The number of hydrogen-bond acceptors (Lipinski definition) is 14. The van der Waals surface area contributed by atoms with Crippen molar-refractivity contribution >= 4 is 28.3 Å². The fourth-order valence-electron chi connectivity index (χ4n) is 35.8. The molecule has 10 unspecified atom stereocenters. The lowest BCUT2D eigenvalue weighted by atomic mass is 9.48. The molecule has 0 aliphatic heterocycles. The third-order valence-corrected chi connectivity index (χ3v) is 45.9. The van der Waals surface area contributed by atoms with Crippen molar-refractivity contribution in [3.63, 3.8) is 0 Å². The van der Waals surface area contributed by atoms with Crippen molar-refractivity contribution in [2.24, 2.45) is 223 Å². The van der Waals surface area contributed by atoms with E-state index >= 15 is 0 Å². The van der Waals surface area contributed by atoms with Gasteiger partial charge in [-0.1, -0.05) is 230 Å². The van der Waals surface area contributed by atoms with Crippen molar-refractivity contribution in [3.05, 3.63) is 103 Å². The Morgan fingerprint density at radius 2 is 0.652 bits per heavy atom. The second kappa shape index (κ2) is 46.0. The van der Waals surface area contributed by atoms with Gasteiger partial charge in [0.25, 0.3) is 10.1 Å². The van der Waals surface area contributed by atoms with E-state index < -0.39 is 10.1 Å². The molecule has 0 aromatic rings. The summed E-state index contributed by atoms with van der Waals surface area (Å²) in [6.45, 7) is 65.8. The van der Waals surface area contributed by atoms with Gasteiger partial charge in [0.05, 0.1) is 26.1 Å². The largest absolute Gasteiger partial charge is 0.466 e. The topological polar surface area (TPSA) is 340 Å². The second-order valence-corrected chi connectivity index (χ2v) is 53.8. The average Bonchev–Trinajstić information content (AvgIpc) is 1.51. The zero-order valence-electron chi connectivity index (χ0n) is 89.6. The van der Waals surface area contributed by atoms with E-state index in [1.54, 1.807) is 0 Å². The van der Waals surface area contributed by atoms with Gasteiger partial charge in [-0.05, 0) is 430 Å². The maximum absolute atomic E-state index is 11.9. The molecule has 0 aromatic heterocycles. The number of rotatable bonds is 25. The van der Waals surface area contributed by atoms with Gasteiger partial charge >= 0.3 is 11.9 Å². The molecule has 16 aliphatic rings. The Balaban J connectivity index is 0.000000155. The van der Waals surface area contributed by atoms with Gasteiger partial charge in [-0.15, -0.1) is 0 Å². The molecule has 0 radical (unpaired) electrons. The van der Waals surface area contributed by atoms with Gasteiger partial charge in [0, 0.05) is 78.2 Å². The number of nitrogens with zero attached hydrogens (tertiary/aromatic N) is 12. The van der Waals surface area contributed by atoms with E-state index in [1.165, 1.54) is 196 Å². The van der Waals surface area contributed by atoms with E-state index in [0.29, 0.717) is 176 Å². The van der Waals surface area contributed by atoms with E-state index in [0.717, 1.165) is 133 Å². The van der Waals surface area contributed by atoms with Gasteiger partial charge < -0.3 is 24.7 Å². The quantitative estimate of drug-likeness (QED) is 0.0165. The van der Waals surface area contributed by atoms with E-state index in [1.807, 2.05) is 0 Å². The molecule has 2 N–H and O–H groups in total. The van der Waals surface area contributed by atoms with Crippen molar-refractivity contribution in [1.82, 2.24) is 5.32 Å². The van der Waals surface area contributed by atoms with Crippen molar-refractivity contribution < 1.29 is 41.6 Å². The van der Waals surface area contributed by atoms with Crippen LogP contribution in [0.4, 0.5) is 0 Å². The SMILES string of the molecule is C=C1CCC2[C@H](CN=[N+]=[N-])C([C@@]3(C)CC[C@H](C)C[C@@H]3C=O)CC[C@]12C.C=C1CCC2[C@H](CN=[N+]=[N-])C([C@@]3(C)CC[C@H](C)C[C@@H]3CNC3CCCC3)CC[C@]12C.C=C1CCC2[C@H](CN=[N+]=[N-])C([C@@]3(C)CC[C@H](C)C[C@@H]3CO)CC[C@]12C.C=C1CCC2[C@H](CN=[N+]=[N-])C([C@@]3(C)CC[C@H](C)C[C@@H]3COC(C)=O)CC[C@]12C.C=C1CCC2[C@H](COS(C)(=O)=O)C([C@@]3(C)CC[C@H](C)C[C@@H]3COC(C)=O)CC[C@]12C. The maximum atomic E-state index is 11.9. The first-order chi connectivity index (χ1) is 65.2. The second-order valence-electron chi connectivity index (χ2n) is 52.2. The Morgan fingerprint density at radius 3 is 0.949 bits per heavy atom. The molecule has 0 bridgehead atoms. The predicted octanol–water partition coefficient (Wildman–Crippen LogP) is 30.2. The van der Waals surface area contributed by atoms with Gasteiger partial charge in [-0.25, -0.2) is 0 Å². The number of aldehydes is 1. The molecule has 0 heterocycles. The smallest absolute Gasteiger partial charge is 0.302 e. The van der Waals surface area contributed by atoms with Crippen molar-refractivity contribution in [3.8, 4) is 0 Å². The number of aliphatic hydroxyl groups is 1. The lowest BCUT2D eigenvalue weighted by molar-refractivity contribution is -0.149. The molecule has 138 heavy (non-hydrogen) atoms. The summed E-state index contributed by atoms with van der Waals surface area (Å²) in [6.07, 6.45) is 48.8. The van der Waals surface area contributed by atoms with Crippen LogP contribution in [-0.4, -0.2) is 103 Å². The Morgan fingerprint density at radius 1 is 0.384 bits per heavy atom. The molecule has 16 aliphatic carbocycles. The highest BCUT2D eigenvalue weighted by atomic mass is 32.2. The minimum Gasteiger partial charge on any atom is -0.466 e. The van der Waals surface area contributed by atoms with Crippen LogP contribution in [0, 0.1) is 202 Å². The summed E-state index contributed by atoms with van der Waals surface area (Å²) < 4.78 is 40.2. The first-order valence-electron chi connectivity index (χ1n) is 55.6. The minimum absolute atomic E-state index is 0.0126. The van der Waals surface area contributed by atoms with Crippen molar-refractivity contribution in [1.29, 1.82) is 0 Å². The lowest BCUT2D eigenvalue weighted by Gasteiger charge is -2.57. The van der Waals surface area contributed by atoms with Crippen molar-refractivity contribution in [2.75, 3.05) is 65.4 Å². The van der Waals surface area contributed by atoms with Gasteiger partial charge in [0.15, 0.2) is 0 Å². The van der Waals surface area contributed by atoms with E-state index in [-0.39, 0.29) is 79.1 Å². The number of aliphatic hydroxyl groups excluding tert-OH is 1. The highest BCUT2D eigenvalue weighted by Crippen LogP contribution is 2.71. The molecule has 16 fully saturated rings. The van der Waals surface area contributed by atoms with E-state index in [9.17, 15) is 27.9 Å². The molecule has 16 saturated carbocycles. The number of azide groups is 4. The number of hydrogen-bond donors (Lipinski definition) is 2. The summed E-state index contributed by atoms with van der Waals surface area (Å²) in [5.41, 5.74) is 44.7. The van der Waals surface area contributed by atoms with Gasteiger partial charge in [-0.3, -0.25) is 13.8 Å². The predicted molar refractivity (Wildman–Crippen MR) is 558 cm³/mol. The lowest BCUT2D eigenvalue weighted by Crippen LogP contribution is -2.52. The summed E-state index contributed by atoms with van der Waals surface area (Å²) in [5.74, 6) is 12.2. The van der Waals surface area contributed by atoms with Crippen LogP contribution in [0.5, 0.6) is 0 Å². The van der Waals surface area contributed by atoms with Crippen LogP contribution >= 0.6 is 0 Å². The standard InChI is InChI=1S/C26H44N4.C24H40O5S.C23H37N3O2.C21H35N3O.C21H33N3O/c1-18-11-13-26(4,20(15-18)16-28-21-7-5-6-8-21)24-12-14-25(3)19(2)9-10-23(25)22(24)17-29-30-27;1-16-9-11-24(5,19(13-16)14-28-18(3)25)22-10-12-23(4)17(2)7-8-21(23)20(22)15-29-30(6,26)27;1-15-8-10-23(5,18(12-15)14-28-17(3)27)21-9-11-22(4)16(2)6-7-20(22)19(21)13-25-26-24;2*1-14-7-9-21(4,16(11-14)13-25)19-8-10-20(3)15(2)5-6-18(20)17(19)12-23-24-22/h18,20-24,28H,2,5-17H2,1,3-4H3;16,19-22H,2,7-15H2,1,3-6H3;15,18-21H,2,6-14H2,1,3-5H3;14,16-19,25H,2,5-13H2,1,3-4H3;13-14,16-19H,2,5-12H2,1,3-4H3/t18-,20+,22-,23?,24?,25+,26-;16-,19+,20-,21?,22?,23+,24-;15-,18+,19-,20?,21?,22+,23-;2*14-,16+,17-,18?,19?,20+,21-/m00000/s1. The highest BCUT2D eigenvalue weighted by Gasteiger charge is 2.64. The summed E-state index contributed by atoms with van der Waals surface area (Å²) in [6, 6.07) is 0.748. The minimum atomic E-state index is -3.50. The molecule has 0 amide bonds. The first-order valence-corrected chi connectivity index (χ1v) is 57.4. The van der Waals surface area contributed by atoms with Gasteiger partial charge in [0.1, 0.15) is 6.29 Å². The summed E-state index contributed by atoms with van der Waals surface area (Å²) in [7, 11) is -3.50. The Kier molecular flexibility index (Phi) is 37.0. The van der Waals surface area contributed by atoms with Crippen LogP contribution in [0.2, 0.25) is 0 Å². The van der Waals surface area contributed by atoms with E-state index in [4.69, 9.17) is 35.8 Å². The van der Waals surface area contributed by atoms with Gasteiger partial charge in [-0.2, -0.15) is 8.42 Å². The number of allylic oxidation sites excluding steroid dienone is 5. The highest BCUT2D eigenvalue weighted by molar-refractivity contribution is 7.86. The zero-order valence-corrected chi connectivity index (χ0v) is 90.4. The molecule has 0 spiro atoms.